The molecule has 20 heavy (non-hydrogen) atoms. The Balaban J connectivity index is 2.36. The molecule has 0 aliphatic carbocycles. The summed E-state index contributed by atoms with van der Waals surface area (Å²) >= 11 is 0. The first-order valence-electron chi connectivity index (χ1n) is 6.31. The Hall–Kier alpha value is -2.55. The molecule has 0 amide bonds. The first kappa shape index (κ1) is 13.9. The van der Waals surface area contributed by atoms with Gasteiger partial charge in [-0.3, -0.25) is 0 Å². The van der Waals surface area contributed by atoms with Crippen LogP contribution in [0.1, 0.15) is 16.7 Å². The Morgan fingerprint density at radius 1 is 1.10 bits per heavy atom. The first-order valence-corrected chi connectivity index (χ1v) is 6.31. The van der Waals surface area contributed by atoms with E-state index >= 15 is 0 Å². The minimum absolute atomic E-state index is 0.641. The summed E-state index contributed by atoms with van der Waals surface area (Å²) in [6.45, 7) is 3.92. The van der Waals surface area contributed by atoms with Gasteiger partial charge in [-0.2, -0.15) is 0 Å². The largest absolute Gasteiger partial charge is 0.478 e. The molecule has 0 aliphatic heterocycles. The molecule has 0 spiro atoms. The Bertz CT molecular complexity index is 657. The van der Waals surface area contributed by atoms with E-state index in [9.17, 15) is 4.79 Å². The van der Waals surface area contributed by atoms with E-state index in [4.69, 9.17) is 9.84 Å². The van der Waals surface area contributed by atoms with Gasteiger partial charge in [0, 0.05) is 11.6 Å². The third-order valence-corrected chi connectivity index (χ3v) is 2.88. The molecule has 2 aromatic carbocycles. The Morgan fingerprint density at radius 2 is 1.85 bits per heavy atom. The van der Waals surface area contributed by atoms with Gasteiger partial charge in [-0.1, -0.05) is 29.8 Å². The van der Waals surface area contributed by atoms with E-state index in [1.807, 2.05) is 56.3 Å². The number of para-hydroxylation sites is 1. The lowest BCUT2D eigenvalue weighted by molar-refractivity contribution is -0.131. The quantitative estimate of drug-likeness (QED) is 0.845. The summed E-state index contributed by atoms with van der Waals surface area (Å²) in [6, 6.07) is 13.4. The molecular weight excluding hydrogens is 252 g/mol. The lowest BCUT2D eigenvalue weighted by atomic mass is 10.1. The van der Waals surface area contributed by atoms with E-state index in [0.717, 1.165) is 28.5 Å². The number of hydrogen-bond acceptors (Lipinski definition) is 2. The zero-order valence-electron chi connectivity index (χ0n) is 11.5. The summed E-state index contributed by atoms with van der Waals surface area (Å²) in [5.41, 5.74) is 2.82. The van der Waals surface area contributed by atoms with Gasteiger partial charge in [0.15, 0.2) is 0 Å². The van der Waals surface area contributed by atoms with Gasteiger partial charge in [0.1, 0.15) is 11.5 Å². The van der Waals surface area contributed by atoms with Gasteiger partial charge in [-0.05, 0) is 43.7 Å². The molecule has 3 nitrogen and oxygen atoms in total. The molecule has 0 fully saturated rings. The molecule has 3 heteroatoms. The van der Waals surface area contributed by atoms with Gasteiger partial charge < -0.3 is 9.84 Å². The van der Waals surface area contributed by atoms with Gasteiger partial charge in [0.2, 0.25) is 0 Å². The van der Waals surface area contributed by atoms with Crippen LogP contribution in [0.4, 0.5) is 0 Å². The lowest BCUT2D eigenvalue weighted by Gasteiger charge is -2.11. The second-order valence-electron chi connectivity index (χ2n) is 4.58. The van der Waals surface area contributed by atoms with E-state index < -0.39 is 5.97 Å². The summed E-state index contributed by atoms with van der Waals surface area (Å²) in [6.07, 6.45) is 2.66. The zero-order valence-corrected chi connectivity index (χ0v) is 11.5. The maximum atomic E-state index is 10.7. The van der Waals surface area contributed by atoms with Crippen molar-refractivity contribution in [1.29, 1.82) is 0 Å². The highest BCUT2D eigenvalue weighted by molar-refractivity contribution is 5.86. The van der Waals surface area contributed by atoms with Crippen LogP contribution in [-0.4, -0.2) is 11.1 Å². The van der Waals surface area contributed by atoms with Crippen molar-refractivity contribution in [3.05, 3.63) is 65.2 Å². The normalized spacial score (nSPS) is 10.7. The molecule has 0 aromatic heterocycles. The van der Waals surface area contributed by atoms with Gasteiger partial charge in [0.25, 0.3) is 0 Å². The summed E-state index contributed by atoms with van der Waals surface area (Å²) in [7, 11) is 0. The highest BCUT2D eigenvalue weighted by atomic mass is 16.5. The highest BCUT2D eigenvalue weighted by Crippen LogP contribution is 2.29. The number of ether oxygens (including phenoxy) is 1. The molecule has 2 aromatic rings. The topological polar surface area (TPSA) is 46.5 Å². The van der Waals surface area contributed by atoms with E-state index in [-0.39, 0.29) is 0 Å². The summed E-state index contributed by atoms with van der Waals surface area (Å²) in [4.78, 5) is 10.7. The maximum absolute atomic E-state index is 10.7. The van der Waals surface area contributed by atoms with Crippen molar-refractivity contribution in [2.24, 2.45) is 0 Å². The van der Waals surface area contributed by atoms with Crippen LogP contribution in [0.25, 0.3) is 6.08 Å². The number of rotatable bonds is 4. The number of aryl methyl sites for hydroxylation is 2. The average molecular weight is 268 g/mol. The monoisotopic (exact) mass is 268 g/mol. The average Bonchev–Trinajstić information content (AvgIpc) is 2.41. The van der Waals surface area contributed by atoms with Crippen LogP contribution >= 0.6 is 0 Å². The zero-order chi connectivity index (χ0) is 14.5. The fourth-order valence-corrected chi connectivity index (χ4v) is 1.84. The van der Waals surface area contributed by atoms with Crippen molar-refractivity contribution < 1.29 is 14.6 Å². The fourth-order valence-electron chi connectivity index (χ4n) is 1.84. The molecular formula is C17H16O3. The molecule has 102 valence electrons. The standard InChI is InChI=1S/C17H16O3/c1-12-7-9-16(14(11-12)8-10-17(18)19)20-15-6-4-3-5-13(15)2/h3-11H,1-2H3,(H,18,19)/b10-8+. The predicted molar refractivity (Wildman–Crippen MR) is 79.1 cm³/mol. The number of aliphatic carboxylic acids is 1. The SMILES string of the molecule is Cc1ccc(Oc2ccccc2C)c(/C=C/C(=O)O)c1. The molecule has 0 saturated carbocycles. The van der Waals surface area contributed by atoms with Crippen molar-refractivity contribution in [3.63, 3.8) is 0 Å². The van der Waals surface area contributed by atoms with E-state index in [1.54, 1.807) is 6.08 Å². The van der Waals surface area contributed by atoms with Crippen LogP contribution in [0.15, 0.2) is 48.5 Å². The minimum atomic E-state index is -0.978. The second-order valence-corrected chi connectivity index (χ2v) is 4.58. The van der Waals surface area contributed by atoms with Gasteiger partial charge in [-0.15, -0.1) is 0 Å². The summed E-state index contributed by atoms with van der Waals surface area (Å²) < 4.78 is 5.88. The molecule has 2 rings (SSSR count). The molecule has 1 N–H and O–H groups in total. The number of carboxylic acid groups (broad SMARTS) is 1. The van der Waals surface area contributed by atoms with E-state index in [0.29, 0.717) is 5.75 Å². The second kappa shape index (κ2) is 6.06. The molecule has 0 atom stereocenters. The van der Waals surface area contributed by atoms with Crippen LogP contribution in [0.3, 0.4) is 0 Å². The molecule has 0 radical (unpaired) electrons. The van der Waals surface area contributed by atoms with Crippen molar-refractivity contribution in [1.82, 2.24) is 0 Å². The van der Waals surface area contributed by atoms with Crippen LogP contribution in [0, 0.1) is 13.8 Å². The van der Waals surface area contributed by atoms with Crippen LogP contribution in [0.5, 0.6) is 11.5 Å². The van der Waals surface area contributed by atoms with Gasteiger partial charge in [0.05, 0.1) is 0 Å². The smallest absolute Gasteiger partial charge is 0.328 e. The number of benzene rings is 2. The Labute approximate surface area is 118 Å². The molecule has 0 saturated heterocycles. The lowest BCUT2D eigenvalue weighted by Crippen LogP contribution is -1.92. The summed E-state index contributed by atoms with van der Waals surface area (Å²) in [5, 5.41) is 8.74. The van der Waals surface area contributed by atoms with Crippen LogP contribution in [-0.2, 0) is 4.79 Å². The Morgan fingerprint density at radius 3 is 2.55 bits per heavy atom. The van der Waals surface area contributed by atoms with Crippen LogP contribution < -0.4 is 4.74 Å². The van der Waals surface area contributed by atoms with Crippen molar-refractivity contribution in [3.8, 4) is 11.5 Å². The molecule has 0 bridgehead atoms. The van der Waals surface area contributed by atoms with Crippen molar-refractivity contribution >= 4 is 12.0 Å². The third kappa shape index (κ3) is 3.48. The van der Waals surface area contributed by atoms with Crippen molar-refractivity contribution in [2.45, 2.75) is 13.8 Å². The number of hydrogen-bond donors (Lipinski definition) is 1. The highest BCUT2D eigenvalue weighted by Gasteiger charge is 2.05. The Kier molecular flexibility index (Phi) is 4.20. The first-order chi connectivity index (χ1) is 9.56. The van der Waals surface area contributed by atoms with Gasteiger partial charge in [-0.25, -0.2) is 4.79 Å². The molecule has 0 aliphatic rings. The van der Waals surface area contributed by atoms with E-state index in [2.05, 4.69) is 0 Å². The van der Waals surface area contributed by atoms with Gasteiger partial charge >= 0.3 is 5.97 Å². The molecule has 0 heterocycles. The number of carbonyl (C=O) groups is 1. The minimum Gasteiger partial charge on any atom is -0.478 e. The third-order valence-electron chi connectivity index (χ3n) is 2.88. The van der Waals surface area contributed by atoms with Crippen molar-refractivity contribution in [2.75, 3.05) is 0 Å². The number of carboxylic acids is 1. The van der Waals surface area contributed by atoms with Crippen LogP contribution in [0.2, 0.25) is 0 Å². The fraction of sp³-hybridized carbons (Fsp3) is 0.118. The molecule has 0 unspecified atom stereocenters. The maximum Gasteiger partial charge on any atom is 0.328 e. The predicted octanol–water partition coefficient (Wildman–Crippen LogP) is 4.19. The van der Waals surface area contributed by atoms with E-state index in [1.165, 1.54) is 0 Å². The summed E-state index contributed by atoms with van der Waals surface area (Å²) in [5.74, 6) is 0.428.